The minimum absolute atomic E-state index is 0.190. The normalized spacial score (nSPS) is 12.4. The summed E-state index contributed by atoms with van der Waals surface area (Å²) in [4.78, 5) is 0. The highest BCUT2D eigenvalue weighted by atomic mass is 35.5. The molecule has 0 spiro atoms. The van der Waals surface area contributed by atoms with Gasteiger partial charge in [0.1, 0.15) is 5.82 Å². The van der Waals surface area contributed by atoms with Crippen molar-refractivity contribution in [3.05, 3.63) is 69.5 Å². The van der Waals surface area contributed by atoms with Gasteiger partial charge in [-0.3, -0.25) is 0 Å². The molecule has 0 fully saturated rings. The molecule has 0 amide bonds. The van der Waals surface area contributed by atoms with Crippen LogP contribution in [0.4, 0.5) is 4.39 Å². The lowest BCUT2D eigenvalue weighted by molar-refractivity contribution is 0.518. The molecule has 20 heavy (non-hydrogen) atoms. The maximum absolute atomic E-state index is 13.0. The average molecular weight is 312 g/mol. The Hall–Kier alpha value is -1.09. The van der Waals surface area contributed by atoms with Crippen molar-refractivity contribution in [2.24, 2.45) is 0 Å². The van der Waals surface area contributed by atoms with E-state index >= 15 is 0 Å². The van der Waals surface area contributed by atoms with Crippen LogP contribution in [-0.4, -0.2) is 0 Å². The van der Waals surface area contributed by atoms with Crippen LogP contribution in [0, 0.1) is 5.82 Å². The van der Waals surface area contributed by atoms with Crippen LogP contribution in [0.5, 0.6) is 0 Å². The molecule has 1 nitrogen and oxygen atoms in total. The van der Waals surface area contributed by atoms with Gasteiger partial charge in [-0.1, -0.05) is 48.3 Å². The van der Waals surface area contributed by atoms with Crippen LogP contribution in [0.2, 0.25) is 10.0 Å². The standard InChI is InChI=1S/C16H16Cl2FN/c1-2-16(11-4-3-5-13(17)8-11)20-10-12-6-7-14(19)9-15(12)18/h3-9,16,20H,2,10H2,1H3. The second-order valence-corrected chi connectivity index (χ2v) is 5.48. The van der Waals surface area contributed by atoms with Gasteiger partial charge in [0.2, 0.25) is 0 Å². The van der Waals surface area contributed by atoms with Crippen LogP contribution in [0.25, 0.3) is 0 Å². The summed E-state index contributed by atoms with van der Waals surface area (Å²) in [5.74, 6) is -0.319. The van der Waals surface area contributed by atoms with Crippen LogP contribution in [0.15, 0.2) is 42.5 Å². The highest BCUT2D eigenvalue weighted by molar-refractivity contribution is 6.31. The lowest BCUT2D eigenvalue weighted by Crippen LogP contribution is -2.20. The predicted molar refractivity (Wildman–Crippen MR) is 82.7 cm³/mol. The maximum Gasteiger partial charge on any atom is 0.124 e. The molecule has 0 aliphatic heterocycles. The van der Waals surface area contributed by atoms with Gasteiger partial charge in [0.05, 0.1) is 0 Å². The van der Waals surface area contributed by atoms with Gasteiger partial charge >= 0.3 is 0 Å². The molecule has 1 N–H and O–H groups in total. The summed E-state index contributed by atoms with van der Waals surface area (Å²) in [6.07, 6.45) is 0.930. The van der Waals surface area contributed by atoms with E-state index in [1.165, 1.54) is 12.1 Å². The summed E-state index contributed by atoms with van der Waals surface area (Å²) in [6, 6.07) is 12.4. The van der Waals surface area contributed by atoms with E-state index in [2.05, 4.69) is 12.2 Å². The van der Waals surface area contributed by atoms with Gasteiger partial charge in [0, 0.05) is 22.6 Å². The van der Waals surface area contributed by atoms with E-state index in [-0.39, 0.29) is 11.9 Å². The molecule has 4 heteroatoms. The summed E-state index contributed by atoms with van der Waals surface area (Å²) >= 11 is 12.0. The van der Waals surface area contributed by atoms with Gasteiger partial charge < -0.3 is 5.32 Å². The van der Waals surface area contributed by atoms with Gasteiger partial charge in [-0.2, -0.15) is 0 Å². The number of nitrogens with one attached hydrogen (secondary N) is 1. The van der Waals surface area contributed by atoms with Crippen molar-refractivity contribution < 1.29 is 4.39 Å². The third-order valence-corrected chi connectivity index (χ3v) is 3.80. The van der Waals surface area contributed by atoms with Crippen molar-refractivity contribution in [1.29, 1.82) is 0 Å². The predicted octanol–water partition coefficient (Wildman–Crippen LogP) is 5.37. The minimum atomic E-state index is -0.319. The van der Waals surface area contributed by atoms with E-state index in [0.29, 0.717) is 11.6 Å². The largest absolute Gasteiger partial charge is 0.306 e. The first-order valence-electron chi connectivity index (χ1n) is 6.53. The molecule has 1 atom stereocenters. The molecular formula is C16H16Cl2FN. The van der Waals surface area contributed by atoms with E-state index in [4.69, 9.17) is 23.2 Å². The van der Waals surface area contributed by atoms with Crippen LogP contribution >= 0.6 is 23.2 Å². The number of rotatable bonds is 5. The third kappa shape index (κ3) is 3.95. The van der Waals surface area contributed by atoms with Crippen molar-refractivity contribution in [2.75, 3.05) is 0 Å². The Morgan fingerprint density at radius 3 is 2.60 bits per heavy atom. The highest BCUT2D eigenvalue weighted by Crippen LogP contribution is 2.22. The molecule has 2 aromatic rings. The lowest BCUT2D eigenvalue weighted by Gasteiger charge is -2.18. The molecular weight excluding hydrogens is 296 g/mol. The summed E-state index contributed by atoms with van der Waals surface area (Å²) < 4.78 is 13.0. The Morgan fingerprint density at radius 1 is 1.15 bits per heavy atom. The summed E-state index contributed by atoms with van der Waals surface area (Å²) in [5, 5.41) is 4.59. The summed E-state index contributed by atoms with van der Waals surface area (Å²) in [6.45, 7) is 2.69. The molecule has 1 unspecified atom stereocenters. The molecule has 0 aliphatic rings. The zero-order valence-electron chi connectivity index (χ0n) is 11.2. The average Bonchev–Trinajstić information content (AvgIpc) is 2.41. The van der Waals surface area contributed by atoms with E-state index in [0.717, 1.165) is 22.6 Å². The Morgan fingerprint density at radius 2 is 1.95 bits per heavy atom. The Labute approximate surface area is 128 Å². The van der Waals surface area contributed by atoms with Crippen molar-refractivity contribution in [3.8, 4) is 0 Å². The van der Waals surface area contributed by atoms with Crippen molar-refractivity contribution >= 4 is 23.2 Å². The Bertz CT molecular complexity index is 586. The van der Waals surface area contributed by atoms with E-state index in [1.807, 2.05) is 24.3 Å². The van der Waals surface area contributed by atoms with Gasteiger partial charge in [0.15, 0.2) is 0 Å². The van der Waals surface area contributed by atoms with Crippen molar-refractivity contribution in [1.82, 2.24) is 5.32 Å². The summed E-state index contributed by atoms with van der Waals surface area (Å²) in [5.41, 5.74) is 2.02. The van der Waals surface area contributed by atoms with Crippen LogP contribution in [0.3, 0.4) is 0 Å². The van der Waals surface area contributed by atoms with E-state index in [9.17, 15) is 4.39 Å². The van der Waals surface area contributed by atoms with Crippen molar-refractivity contribution in [2.45, 2.75) is 25.9 Å². The van der Waals surface area contributed by atoms with Crippen LogP contribution < -0.4 is 5.32 Å². The van der Waals surface area contributed by atoms with E-state index < -0.39 is 0 Å². The van der Waals surface area contributed by atoms with Crippen LogP contribution in [0.1, 0.15) is 30.5 Å². The fraction of sp³-hybridized carbons (Fsp3) is 0.250. The Balaban J connectivity index is 2.07. The number of hydrogen-bond donors (Lipinski definition) is 1. The number of benzene rings is 2. The first-order chi connectivity index (χ1) is 9.60. The second-order valence-electron chi connectivity index (χ2n) is 4.63. The molecule has 0 heterocycles. The quantitative estimate of drug-likeness (QED) is 0.782. The Kier molecular flexibility index (Phi) is 5.41. The molecule has 106 valence electrons. The molecule has 0 aliphatic carbocycles. The zero-order valence-corrected chi connectivity index (χ0v) is 12.7. The first kappa shape index (κ1) is 15.3. The SMILES string of the molecule is CCC(NCc1ccc(F)cc1Cl)c1cccc(Cl)c1. The topological polar surface area (TPSA) is 12.0 Å². The summed E-state index contributed by atoms with van der Waals surface area (Å²) in [7, 11) is 0. The lowest BCUT2D eigenvalue weighted by atomic mass is 10.0. The fourth-order valence-corrected chi connectivity index (χ4v) is 2.55. The monoisotopic (exact) mass is 311 g/mol. The fourth-order valence-electron chi connectivity index (χ4n) is 2.12. The smallest absolute Gasteiger partial charge is 0.124 e. The number of hydrogen-bond acceptors (Lipinski definition) is 1. The molecule has 0 saturated heterocycles. The van der Waals surface area contributed by atoms with Gasteiger partial charge in [0.25, 0.3) is 0 Å². The molecule has 2 aromatic carbocycles. The number of halogens is 3. The van der Waals surface area contributed by atoms with Gasteiger partial charge in [-0.05, 0) is 41.8 Å². The minimum Gasteiger partial charge on any atom is -0.306 e. The molecule has 0 saturated carbocycles. The molecule has 2 rings (SSSR count). The van der Waals surface area contributed by atoms with Crippen molar-refractivity contribution in [3.63, 3.8) is 0 Å². The second kappa shape index (κ2) is 7.07. The van der Waals surface area contributed by atoms with Crippen LogP contribution in [-0.2, 0) is 6.54 Å². The maximum atomic E-state index is 13.0. The first-order valence-corrected chi connectivity index (χ1v) is 7.28. The molecule has 0 bridgehead atoms. The highest BCUT2D eigenvalue weighted by Gasteiger charge is 2.10. The third-order valence-electron chi connectivity index (χ3n) is 3.21. The zero-order chi connectivity index (χ0) is 14.5. The van der Waals surface area contributed by atoms with E-state index in [1.54, 1.807) is 6.07 Å². The van der Waals surface area contributed by atoms with Gasteiger partial charge in [-0.25, -0.2) is 4.39 Å². The molecule has 0 radical (unpaired) electrons. The molecule has 0 aromatic heterocycles. The van der Waals surface area contributed by atoms with Gasteiger partial charge in [-0.15, -0.1) is 0 Å².